The van der Waals surface area contributed by atoms with Crippen molar-refractivity contribution in [1.29, 1.82) is 0 Å². The van der Waals surface area contributed by atoms with Gasteiger partial charge in [-0.05, 0) is 25.5 Å². The Morgan fingerprint density at radius 2 is 2.26 bits per heavy atom. The van der Waals surface area contributed by atoms with Gasteiger partial charge < -0.3 is 20.2 Å². The lowest BCUT2D eigenvalue weighted by Gasteiger charge is -2.40. The fourth-order valence-electron chi connectivity index (χ4n) is 1.99. The summed E-state index contributed by atoms with van der Waals surface area (Å²) in [5.41, 5.74) is -1.34. The molecule has 1 fully saturated rings. The fourth-order valence-corrected chi connectivity index (χ4v) is 2.18. The van der Waals surface area contributed by atoms with Crippen molar-refractivity contribution in [2.24, 2.45) is 0 Å². The number of aromatic nitrogens is 1. The number of β-amino-alcohol motifs (C(OH)–C–C–N with tert-alkyl or cyclic N) is 1. The molecule has 1 aromatic heterocycles. The number of hydrogen-bond acceptors (Lipinski definition) is 5. The second-order valence-electron chi connectivity index (χ2n) is 4.87. The summed E-state index contributed by atoms with van der Waals surface area (Å²) in [6, 6.07) is 3.06. The third kappa shape index (κ3) is 2.80. The molecule has 0 radical (unpaired) electrons. The zero-order valence-electron chi connectivity index (χ0n) is 10.4. The Morgan fingerprint density at radius 3 is 2.84 bits per heavy atom. The molecule has 19 heavy (non-hydrogen) atoms. The maximum absolute atomic E-state index is 11.0. The molecular weight excluding hydrogens is 272 g/mol. The molecule has 6 nitrogen and oxygen atoms in total. The number of carboxylic acids is 1. The average molecular weight is 287 g/mol. The molecule has 2 heterocycles. The zero-order valence-corrected chi connectivity index (χ0v) is 11.1. The van der Waals surface area contributed by atoms with E-state index in [0.29, 0.717) is 18.8 Å². The molecule has 0 aromatic carbocycles. The highest BCUT2D eigenvalue weighted by molar-refractivity contribution is 6.33. The third-order valence-electron chi connectivity index (χ3n) is 3.36. The van der Waals surface area contributed by atoms with Gasteiger partial charge >= 0.3 is 5.97 Å². The molecule has 3 N–H and O–H groups in total. The normalized spacial score (nSPS) is 27.4. The highest BCUT2D eigenvalue weighted by atomic mass is 35.5. The van der Waals surface area contributed by atoms with Crippen molar-refractivity contribution in [2.45, 2.75) is 25.0 Å². The lowest BCUT2D eigenvalue weighted by molar-refractivity contribution is -0.0722. The van der Waals surface area contributed by atoms with Gasteiger partial charge in [-0.1, -0.05) is 11.6 Å². The van der Waals surface area contributed by atoms with Crippen molar-refractivity contribution in [3.63, 3.8) is 0 Å². The van der Waals surface area contributed by atoms with Crippen LogP contribution in [0, 0.1) is 0 Å². The summed E-state index contributed by atoms with van der Waals surface area (Å²) in [5, 5.41) is 28.8. The maximum Gasteiger partial charge on any atom is 0.356 e. The van der Waals surface area contributed by atoms with Crippen LogP contribution in [0.3, 0.4) is 0 Å². The van der Waals surface area contributed by atoms with E-state index in [4.69, 9.17) is 16.7 Å². The molecule has 1 aliphatic heterocycles. The molecule has 0 unspecified atom stereocenters. The predicted molar refractivity (Wildman–Crippen MR) is 69.7 cm³/mol. The van der Waals surface area contributed by atoms with Crippen LogP contribution >= 0.6 is 11.6 Å². The van der Waals surface area contributed by atoms with Crippen LogP contribution in [0.1, 0.15) is 23.8 Å². The molecule has 2 rings (SSSR count). The van der Waals surface area contributed by atoms with Crippen molar-refractivity contribution >= 4 is 23.4 Å². The lowest BCUT2D eigenvalue weighted by atomic mass is 9.91. The van der Waals surface area contributed by atoms with E-state index in [1.165, 1.54) is 6.07 Å². The molecule has 0 amide bonds. The lowest BCUT2D eigenvalue weighted by Crippen LogP contribution is -2.54. The minimum atomic E-state index is -1.20. The van der Waals surface area contributed by atoms with Crippen molar-refractivity contribution < 1.29 is 20.1 Å². The van der Waals surface area contributed by atoms with Crippen LogP contribution in [0.2, 0.25) is 5.02 Å². The first-order valence-electron chi connectivity index (χ1n) is 5.86. The Hall–Kier alpha value is -1.37. The fraction of sp³-hybridized carbons (Fsp3) is 0.500. The molecule has 104 valence electrons. The SMILES string of the molecule is C[C@@]1(O)CCN(c2ccc(Cl)c(C(=O)O)n2)C[C@H]1O. The molecule has 0 bridgehead atoms. The number of aromatic carboxylic acids is 1. The first-order valence-corrected chi connectivity index (χ1v) is 6.24. The van der Waals surface area contributed by atoms with Crippen LogP contribution in [-0.4, -0.2) is 51.1 Å². The summed E-state index contributed by atoms with van der Waals surface area (Å²) in [6.45, 7) is 2.26. The Balaban J connectivity index is 2.24. The smallest absolute Gasteiger partial charge is 0.356 e. The van der Waals surface area contributed by atoms with Crippen LogP contribution < -0.4 is 4.90 Å². The highest BCUT2D eigenvalue weighted by Crippen LogP contribution is 2.26. The van der Waals surface area contributed by atoms with Crippen LogP contribution in [0.15, 0.2) is 12.1 Å². The molecule has 1 aliphatic rings. The average Bonchev–Trinajstić information content (AvgIpc) is 2.33. The molecular formula is C12H15ClN2O4. The van der Waals surface area contributed by atoms with E-state index in [0.717, 1.165) is 0 Å². The number of hydrogen-bond donors (Lipinski definition) is 3. The van der Waals surface area contributed by atoms with Crippen molar-refractivity contribution in [2.75, 3.05) is 18.0 Å². The van der Waals surface area contributed by atoms with E-state index < -0.39 is 17.7 Å². The van der Waals surface area contributed by atoms with Crippen LogP contribution in [0.5, 0.6) is 0 Å². The molecule has 1 saturated heterocycles. The maximum atomic E-state index is 11.0. The molecule has 0 spiro atoms. The quantitative estimate of drug-likeness (QED) is 0.743. The van der Waals surface area contributed by atoms with Gasteiger partial charge in [0.25, 0.3) is 0 Å². The molecule has 1 aromatic rings. The number of nitrogens with zero attached hydrogens (tertiary/aromatic N) is 2. The standard InChI is InChI=1S/C12H15ClN2O4/c1-12(19)4-5-15(6-8(12)16)9-3-2-7(13)10(14-9)11(17)18/h2-3,8,16,19H,4-6H2,1H3,(H,17,18)/t8-,12-/m1/s1. The molecule has 2 atom stereocenters. The first kappa shape index (κ1) is 14.0. The van der Waals surface area contributed by atoms with Gasteiger partial charge in [-0.3, -0.25) is 0 Å². The second-order valence-corrected chi connectivity index (χ2v) is 5.28. The van der Waals surface area contributed by atoms with Gasteiger partial charge in [0.1, 0.15) is 5.82 Å². The van der Waals surface area contributed by atoms with Crippen LogP contribution in [-0.2, 0) is 0 Å². The van der Waals surface area contributed by atoms with Gasteiger partial charge in [-0.2, -0.15) is 0 Å². The third-order valence-corrected chi connectivity index (χ3v) is 3.66. The van der Waals surface area contributed by atoms with Crippen LogP contribution in [0.4, 0.5) is 5.82 Å². The Morgan fingerprint density at radius 1 is 1.58 bits per heavy atom. The zero-order chi connectivity index (χ0) is 14.2. The van der Waals surface area contributed by atoms with Crippen molar-refractivity contribution in [1.82, 2.24) is 4.98 Å². The number of carboxylic acid groups (broad SMARTS) is 1. The van der Waals surface area contributed by atoms with Gasteiger partial charge in [-0.15, -0.1) is 0 Å². The second kappa shape index (κ2) is 4.96. The minimum Gasteiger partial charge on any atom is -0.476 e. The van der Waals surface area contributed by atoms with E-state index in [1.807, 2.05) is 0 Å². The monoisotopic (exact) mass is 286 g/mol. The number of aliphatic hydroxyl groups is 2. The Kier molecular flexibility index (Phi) is 3.66. The topological polar surface area (TPSA) is 93.9 Å². The van der Waals surface area contributed by atoms with E-state index in [-0.39, 0.29) is 17.3 Å². The van der Waals surface area contributed by atoms with E-state index in [2.05, 4.69) is 4.98 Å². The summed E-state index contributed by atoms with van der Waals surface area (Å²) >= 11 is 5.75. The summed E-state index contributed by atoms with van der Waals surface area (Å²) < 4.78 is 0. The minimum absolute atomic E-state index is 0.0702. The largest absolute Gasteiger partial charge is 0.476 e. The molecule has 0 aliphatic carbocycles. The molecule has 0 saturated carbocycles. The number of rotatable bonds is 2. The first-order chi connectivity index (χ1) is 8.81. The van der Waals surface area contributed by atoms with Crippen molar-refractivity contribution in [3.05, 3.63) is 22.8 Å². The number of anilines is 1. The van der Waals surface area contributed by atoms with Gasteiger partial charge in [0.05, 0.1) is 16.7 Å². The molecule has 7 heteroatoms. The van der Waals surface area contributed by atoms with Crippen LogP contribution in [0.25, 0.3) is 0 Å². The number of aliphatic hydroxyl groups excluding tert-OH is 1. The highest BCUT2D eigenvalue weighted by Gasteiger charge is 2.36. The summed E-state index contributed by atoms with van der Waals surface area (Å²) in [5.74, 6) is -0.771. The van der Waals surface area contributed by atoms with Gasteiger partial charge in [-0.25, -0.2) is 9.78 Å². The van der Waals surface area contributed by atoms with E-state index in [9.17, 15) is 15.0 Å². The number of carbonyl (C=O) groups is 1. The summed E-state index contributed by atoms with van der Waals surface area (Å²) in [6.07, 6.45) is -0.534. The Bertz CT molecular complexity index is 507. The van der Waals surface area contributed by atoms with E-state index >= 15 is 0 Å². The van der Waals surface area contributed by atoms with Crippen molar-refractivity contribution in [3.8, 4) is 0 Å². The summed E-state index contributed by atoms with van der Waals surface area (Å²) in [7, 11) is 0. The number of piperidine rings is 1. The number of pyridine rings is 1. The van der Waals surface area contributed by atoms with Gasteiger partial charge in [0.15, 0.2) is 5.69 Å². The van der Waals surface area contributed by atoms with E-state index in [1.54, 1.807) is 17.9 Å². The number of halogens is 1. The summed E-state index contributed by atoms with van der Waals surface area (Å²) in [4.78, 5) is 16.7. The van der Waals surface area contributed by atoms with Gasteiger partial charge in [0, 0.05) is 13.1 Å². The predicted octanol–water partition coefficient (Wildman–Crippen LogP) is 0.755. The van der Waals surface area contributed by atoms with Gasteiger partial charge in [0.2, 0.25) is 0 Å². The Labute approximate surface area is 115 Å².